The minimum Gasteiger partial charge on any atom is -0.354 e. The topological polar surface area (TPSA) is 28.7 Å². The van der Waals surface area contributed by atoms with Gasteiger partial charge in [-0.05, 0) is 99.1 Å². The Morgan fingerprint density at radius 2 is 0.776 bits per heavy atom. The van der Waals surface area contributed by atoms with Gasteiger partial charge in [0.2, 0.25) is 0 Å². The summed E-state index contributed by atoms with van der Waals surface area (Å²) in [6, 6.07) is 66.9. The highest BCUT2D eigenvalue weighted by molar-refractivity contribution is 6.14. The Hall–Kier alpha value is -6.51. The fourth-order valence-corrected chi connectivity index (χ4v) is 6.92. The van der Waals surface area contributed by atoms with Crippen molar-refractivity contribution in [1.82, 2.24) is 9.97 Å². The quantitative estimate of drug-likeness (QED) is 0.196. The molecule has 9 rings (SSSR count). The average molecular weight is 625 g/mol. The summed E-state index contributed by atoms with van der Waals surface area (Å²) < 4.78 is 0. The van der Waals surface area contributed by atoms with Crippen LogP contribution in [0.3, 0.4) is 0 Å². The largest absolute Gasteiger partial charge is 0.354 e. The lowest BCUT2D eigenvalue weighted by Crippen LogP contribution is -1.92. The summed E-state index contributed by atoms with van der Waals surface area (Å²) in [7, 11) is 0. The Balaban J connectivity index is 1.24. The Labute approximate surface area is 286 Å². The molecule has 2 heterocycles. The van der Waals surface area contributed by atoms with Gasteiger partial charge in [-0.1, -0.05) is 133 Å². The van der Waals surface area contributed by atoms with Crippen LogP contribution in [0.4, 0.5) is 0 Å². The van der Waals surface area contributed by atoms with E-state index in [0.29, 0.717) is 0 Å². The van der Waals surface area contributed by atoms with Gasteiger partial charge < -0.3 is 4.98 Å². The Bertz CT molecular complexity index is 2510. The molecule has 1 N–H and O–H groups in total. The smallest absolute Gasteiger partial charge is 0.0730 e. The maximum Gasteiger partial charge on any atom is 0.0730 e. The number of fused-ring (bicyclic) bond motifs is 3. The number of hydrogen-bond donors (Lipinski definition) is 1. The third kappa shape index (κ3) is 5.50. The number of pyridine rings is 1. The summed E-state index contributed by atoms with van der Waals surface area (Å²) in [6.45, 7) is 0. The zero-order valence-corrected chi connectivity index (χ0v) is 26.8. The minimum atomic E-state index is 0.932. The molecule has 9 aromatic rings. The molecule has 230 valence electrons. The van der Waals surface area contributed by atoms with Crippen LogP contribution in [0.25, 0.3) is 88.8 Å². The number of rotatable bonds is 6. The van der Waals surface area contributed by atoms with E-state index in [1.165, 1.54) is 55.3 Å². The van der Waals surface area contributed by atoms with Crippen LogP contribution in [0.2, 0.25) is 0 Å². The van der Waals surface area contributed by atoms with Gasteiger partial charge in [-0.25, -0.2) is 4.98 Å². The second-order valence-corrected chi connectivity index (χ2v) is 12.5. The molecule has 0 aliphatic rings. The van der Waals surface area contributed by atoms with Gasteiger partial charge in [-0.3, -0.25) is 0 Å². The summed E-state index contributed by atoms with van der Waals surface area (Å²) in [5.74, 6) is 0. The van der Waals surface area contributed by atoms with Crippen molar-refractivity contribution < 1.29 is 0 Å². The highest BCUT2D eigenvalue weighted by Crippen LogP contribution is 2.39. The number of nitrogens with zero attached hydrogens (tertiary/aromatic N) is 1. The predicted octanol–water partition coefficient (Wildman–Crippen LogP) is 12.7. The zero-order valence-electron chi connectivity index (χ0n) is 26.8. The van der Waals surface area contributed by atoms with Crippen LogP contribution in [0.1, 0.15) is 0 Å². The molecular weight excluding hydrogens is 593 g/mol. The highest BCUT2D eigenvalue weighted by atomic mass is 14.7. The first-order valence-corrected chi connectivity index (χ1v) is 16.7. The van der Waals surface area contributed by atoms with E-state index >= 15 is 0 Å². The number of H-pyrrole nitrogens is 1. The van der Waals surface area contributed by atoms with Gasteiger partial charge in [0.05, 0.1) is 16.9 Å². The molecular formula is C47H32N2. The van der Waals surface area contributed by atoms with Gasteiger partial charge in [-0.15, -0.1) is 0 Å². The van der Waals surface area contributed by atoms with Crippen LogP contribution in [-0.4, -0.2) is 9.97 Å². The molecule has 2 nitrogen and oxygen atoms in total. The summed E-state index contributed by atoms with van der Waals surface area (Å²) in [5, 5.41) is 2.39. The fourth-order valence-electron chi connectivity index (χ4n) is 6.92. The van der Waals surface area contributed by atoms with Gasteiger partial charge in [0.15, 0.2) is 0 Å². The normalized spacial score (nSPS) is 11.3. The van der Waals surface area contributed by atoms with E-state index < -0.39 is 0 Å². The summed E-state index contributed by atoms with van der Waals surface area (Å²) in [6.07, 6.45) is 0. The van der Waals surface area contributed by atoms with E-state index in [2.05, 4.69) is 193 Å². The van der Waals surface area contributed by atoms with Gasteiger partial charge >= 0.3 is 0 Å². The standard InChI is InChI=1S/C47H32N2/c1-5-14-32(15-6-1)36-24-25-46-41(29-36)42-30-39(35-20-11-4-12-21-35)31-43(47(42)49-46)45-23-13-22-44(48-45)40-27-37(33-16-7-2-8-17-33)26-38(28-40)34-18-9-3-10-19-34/h1-31,49H. The van der Waals surface area contributed by atoms with Crippen molar-refractivity contribution in [2.75, 3.05) is 0 Å². The van der Waals surface area contributed by atoms with E-state index in [0.717, 1.165) is 33.5 Å². The average Bonchev–Trinajstić information content (AvgIpc) is 3.57. The van der Waals surface area contributed by atoms with E-state index in [-0.39, 0.29) is 0 Å². The maximum absolute atomic E-state index is 5.38. The molecule has 0 radical (unpaired) electrons. The van der Waals surface area contributed by atoms with Crippen LogP contribution in [0.15, 0.2) is 188 Å². The predicted molar refractivity (Wildman–Crippen MR) is 206 cm³/mol. The van der Waals surface area contributed by atoms with Crippen molar-refractivity contribution in [3.05, 3.63) is 188 Å². The molecule has 0 atom stereocenters. The Morgan fingerprint density at radius 1 is 0.306 bits per heavy atom. The highest BCUT2D eigenvalue weighted by Gasteiger charge is 2.16. The number of nitrogens with one attached hydrogen (secondary N) is 1. The number of hydrogen-bond acceptors (Lipinski definition) is 1. The molecule has 2 heteroatoms. The molecule has 0 spiro atoms. The molecule has 0 saturated heterocycles. The van der Waals surface area contributed by atoms with Gasteiger partial charge in [-0.2, -0.15) is 0 Å². The zero-order chi connectivity index (χ0) is 32.6. The van der Waals surface area contributed by atoms with Crippen molar-refractivity contribution in [2.24, 2.45) is 0 Å². The van der Waals surface area contributed by atoms with Gasteiger partial charge in [0.1, 0.15) is 0 Å². The lowest BCUT2D eigenvalue weighted by atomic mass is 9.94. The molecule has 0 amide bonds. The second-order valence-electron chi connectivity index (χ2n) is 12.5. The Kier molecular flexibility index (Phi) is 7.18. The number of benzene rings is 7. The molecule has 2 aromatic heterocycles. The maximum atomic E-state index is 5.38. The SMILES string of the molecule is c1ccc(-c2cc(-c3ccccc3)cc(-c3cccc(-c4cc(-c5ccccc5)cc5c4[nH]c4ccc(-c6ccccc6)cc45)n3)c2)cc1. The summed E-state index contributed by atoms with van der Waals surface area (Å²) in [4.78, 5) is 9.17. The molecule has 7 aromatic carbocycles. The number of aromatic amines is 1. The molecule has 0 saturated carbocycles. The van der Waals surface area contributed by atoms with Crippen LogP contribution < -0.4 is 0 Å². The Morgan fingerprint density at radius 3 is 1.35 bits per heavy atom. The third-order valence-corrected chi connectivity index (χ3v) is 9.39. The second kappa shape index (κ2) is 12.3. The summed E-state index contributed by atoms with van der Waals surface area (Å²) in [5.41, 5.74) is 15.7. The van der Waals surface area contributed by atoms with Crippen LogP contribution in [0, 0.1) is 0 Å². The van der Waals surface area contributed by atoms with E-state index in [1.807, 2.05) is 0 Å². The molecule has 0 unspecified atom stereocenters. The van der Waals surface area contributed by atoms with Gasteiger partial charge in [0, 0.05) is 27.4 Å². The van der Waals surface area contributed by atoms with E-state index in [9.17, 15) is 0 Å². The van der Waals surface area contributed by atoms with Crippen molar-refractivity contribution in [3.8, 4) is 67.0 Å². The van der Waals surface area contributed by atoms with Gasteiger partial charge in [0.25, 0.3) is 0 Å². The molecule has 49 heavy (non-hydrogen) atoms. The number of aromatic nitrogens is 2. The van der Waals surface area contributed by atoms with Crippen LogP contribution >= 0.6 is 0 Å². The fraction of sp³-hybridized carbons (Fsp3) is 0. The lowest BCUT2D eigenvalue weighted by Gasteiger charge is -2.13. The van der Waals surface area contributed by atoms with Crippen molar-refractivity contribution in [1.29, 1.82) is 0 Å². The third-order valence-electron chi connectivity index (χ3n) is 9.39. The summed E-state index contributed by atoms with van der Waals surface area (Å²) >= 11 is 0. The van der Waals surface area contributed by atoms with Crippen LogP contribution in [-0.2, 0) is 0 Å². The van der Waals surface area contributed by atoms with E-state index in [4.69, 9.17) is 4.98 Å². The van der Waals surface area contributed by atoms with Crippen molar-refractivity contribution in [2.45, 2.75) is 0 Å². The molecule has 0 fully saturated rings. The first kappa shape index (κ1) is 28.7. The van der Waals surface area contributed by atoms with Crippen molar-refractivity contribution >= 4 is 21.8 Å². The molecule has 0 aliphatic carbocycles. The van der Waals surface area contributed by atoms with E-state index in [1.54, 1.807) is 0 Å². The van der Waals surface area contributed by atoms with Crippen LogP contribution in [0.5, 0.6) is 0 Å². The first-order chi connectivity index (χ1) is 24.3. The van der Waals surface area contributed by atoms with Crippen molar-refractivity contribution in [3.63, 3.8) is 0 Å². The first-order valence-electron chi connectivity index (χ1n) is 16.7. The lowest BCUT2D eigenvalue weighted by molar-refractivity contribution is 1.32. The monoisotopic (exact) mass is 624 g/mol. The minimum absolute atomic E-state index is 0.932. The molecule has 0 bridgehead atoms. The molecule has 0 aliphatic heterocycles.